The van der Waals surface area contributed by atoms with Gasteiger partial charge in [-0.05, 0) is 37.8 Å². The number of esters is 1. The van der Waals surface area contributed by atoms with Crippen molar-refractivity contribution < 1.29 is 23.8 Å². The lowest BCUT2D eigenvalue weighted by Crippen LogP contribution is -2.39. The van der Waals surface area contributed by atoms with Crippen LogP contribution in [0.25, 0.3) is 10.6 Å². The standard InChI is InChI=1S/C22H25NO5S/c1-26-18-8-4-7-17(20(18)27-2)21-23-16(12-29-21)11-28-22(25)15-9-13-5-3-6-14(10-15)19(13)24/h4,7-8,12-15H,3,5-6,9-11H2,1-2H3. The molecule has 2 atom stereocenters. The molecule has 1 heterocycles. The van der Waals surface area contributed by atoms with Crippen LogP contribution < -0.4 is 9.47 Å². The molecule has 1 aromatic carbocycles. The van der Waals surface area contributed by atoms with Crippen molar-refractivity contribution in [3.8, 4) is 22.1 Å². The first-order valence-corrected chi connectivity index (χ1v) is 10.8. The predicted octanol–water partition coefficient (Wildman–Crippen LogP) is 4.27. The molecular formula is C22H25NO5S. The average molecular weight is 416 g/mol. The summed E-state index contributed by atoms with van der Waals surface area (Å²) in [5, 5.41) is 2.67. The second-order valence-electron chi connectivity index (χ2n) is 7.69. The summed E-state index contributed by atoms with van der Waals surface area (Å²) in [5.74, 6) is 1.36. The Hall–Kier alpha value is -2.41. The van der Waals surface area contributed by atoms with Crippen molar-refractivity contribution in [2.24, 2.45) is 17.8 Å². The first-order chi connectivity index (χ1) is 14.1. The summed E-state index contributed by atoms with van der Waals surface area (Å²) in [5.41, 5.74) is 1.54. The number of benzene rings is 1. The maximum absolute atomic E-state index is 12.6. The van der Waals surface area contributed by atoms with Gasteiger partial charge in [0, 0.05) is 17.2 Å². The number of ether oxygens (including phenoxy) is 3. The van der Waals surface area contributed by atoms with E-state index >= 15 is 0 Å². The predicted molar refractivity (Wildman–Crippen MR) is 109 cm³/mol. The number of rotatable bonds is 6. The third-order valence-corrected chi connectivity index (χ3v) is 6.85. The zero-order chi connectivity index (χ0) is 20.4. The Balaban J connectivity index is 1.40. The van der Waals surface area contributed by atoms with Gasteiger partial charge < -0.3 is 14.2 Å². The molecule has 2 bridgehead atoms. The van der Waals surface area contributed by atoms with Crippen molar-refractivity contribution in [2.45, 2.75) is 38.7 Å². The molecule has 2 unspecified atom stereocenters. The van der Waals surface area contributed by atoms with Gasteiger partial charge in [0.25, 0.3) is 0 Å². The van der Waals surface area contributed by atoms with Gasteiger partial charge in [-0.3, -0.25) is 9.59 Å². The normalized spacial score (nSPS) is 23.5. The monoisotopic (exact) mass is 415 g/mol. The van der Waals surface area contributed by atoms with Gasteiger partial charge in [0.05, 0.1) is 31.4 Å². The van der Waals surface area contributed by atoms with E-state index in [9.17, 15) is 9.59 Å². The van der Waals surface area contributed by atoms with Crippen LogP contribution in [-0.2, 0) is 20.9 Å². The third kappa shape index (κ3) is 4.01. The number of carbonyl (C=O) groups is 2. The van der Waals surface area contributed by atoms with Crippen molar-refractivity contribution in [3.05, 3.63) is 29.3 Å². The number of hydrogen-bond donors (Lipinski definition) is 0. The maximum atomic E-state index is 12.6. The maximum Gasteiger partial charge on any atom is 0.309 e. The van der Waals surface area contributed by atoms with Crippen molar-refractivity contribution in [1.82, 2.24) is 4.98 Å². The van der Waals surface area contributed by atoms with E-state index in [4.69, 9.17) is 14.2 Å². The first-order valence-electron chi connectivity index (χ1n) is 9.96. The highest BCUT2D eigenvalue weighted by Crippen LogP contribution is 2.41. The molecule has 0 aliphatic heterocycles. The molecule has 1 aromatic heterocycles. The third-order valence-electron chi connectivity index (χ3n) is 5.93. The molecule has 2 aromatic rings. The summed E-state index contributed by atoms with van der Waals surface area (Å²) in [4.78, 5) is 29.4. The van der Waals surface area contributed by atoms with Crippen LogP contribution in [0, 0.1) is 17.8 Å². The van der Waals surface area contributed by atoms with E-state index in [-0.39, 0.29) is 30.3 Å². The Morgan fingerprint density at radius 3 is 2.62 bits per heavy atom. The van der Waals surface area contributed by atoms with Crippen LogP contribution >= 0.6 is 11.3 Å². The van der Waals surface area contributed by atoms with Gasteiger partial charge in [-0.2, -0.15) is 0 Å². The van der Waals surface area contributed by atoms with Gasteiger partial charge in [0.15, 0.2) is 11.5 Å². The number of Topliss-reactive ketones (excluding diaryl/α,β-unsaturated/α-hetero) is 1. The molecule has 154 valence electrons. The molecule has 2 saturated carbocycles. The highest BCUT2D eigenvalue weighted by molar-refractivity contribution is 7.13. The van der Waals surface area contributed by atoms with Crippen molar-refractivity contribution >= 4 is 23.1 Å². The van der Waals surface area contributed by atoms with Crippen LogP contribution in [0.15, 0.2) is 23.6 Å². The molecule has 0 spiro atoms. The van der Waals surface area contributed by atoms with Crippen LogP contribution in [0.4, 0.5) is 0 Å². The molecule has 6 nitrogen and oxygen atoms in total. The molecule has 29 heavy (non-hydrogen) atoms. The van der Waals surface area contributed by atoms with E-state index in [0.29, 0.717) is 35.8 Å². The molecule has 4 rings (SSSR count). The van der Waals surface area contributed by atoms with E-state index in [1.807, 2.05) is 23.6 Å². The Morgan fingerprint density at radius 1 is 1.17 bits per heavy atom. The Kier molecular flexibility index (Phi) is 5.85. The van der Waals surface area contributed by atoms with Crippen LogP contribution in [0.2, 0.25) is 0 Å². The van der Waals surface area contributed by atoms with E-state index in [0.717, 1.165) is 29.8 Å². The highest BCUT2D eigenvalue weighted by atomic mass is 32.1. The number of nitrogens with zero attached hydrogens (tertiary/aromatic N) is 1. The van der Waals surface area contributed by atoms with Crippen LogP contribution in [0.3, 0.4) is 0 Å². The summed E-state index contributed by atoms with van der Waals surface area (Å²) in [6.07, 6.45) is 4.20. The first kappa shape index (κ1) is 19.9. The van der Waals surface area contributed by atoms with E-state index < -0.39 is 0 Å². The lowest BCUT2D eigenvalue weighted by molar-refractivity contribution is -0.154. The molecule has 0 N–H and O–H groups in total. The largest absolute Gasteiger partial charge is 0.493 e. The topological polar surface area (TPSA) is 74.7 Å². The molecule has 2 fully saturated rings. The summed E-state index contributed by atoms with van der Waals surface area (Å²) >= 11 is 1.47. The fourth-order valence-corrected chi connectivity index (χ4v) is 5.31. The molecule has 2 aliphatic carbocycles. The summed E-state index contributed by atoms with van der Waals surface area (Å²) in [6, 6.07) is 5.65. The van der Waals surface area contributed by atoms with Gasteiger partial charge in [-0.15, -0.1) is 11.3 Å². The van der Waals surface area contributed by atoms with Crippen LogP contribution in [-0.4, -0.2) is 31.0 Å². The lowest BCUT2D eigenvalue weighted by atomic mass is 9.67. The average Bonchev–Trinajstić information content (AvgIpc) is 3.20. The fourth-order valence-electron chi connectivity index (χ4n) is 4.49. The smallest absolute Gasteiger partial charge is 0.309 e. The molecule has 0 saturated heterocycles. The summed E-state index contributed by atoms with van der Waals surface area (Å²) < 4.78 is 16.4. The van der Waals surface area contributed by atoms with Gasteiger partial charge in [0.2, 0.25) is 0 Å². The van der Waals surface area contributed by atoms with E-state index in [1.54, 1.807) is 14.2 Å². The minimum atomic E-state index is -0.206. The van der Waals surface area contributed by atoms with Crippen LogP contribution in [0.5, 0.6) is 11.5 Å². The van der Waals surface area contributed by atoms with Crippen molar-refractivity contribution in [2.75, 3.05) is 14.2 Å². The zero-order valence-electron chi connectivity index (χ0n) is 16.7. The molecule has 7 heteroatoms. The second kappa shape index (κ2) is 8.53. The molecule has 2 aliphatic rings. The summed E-state index contributed by atoms with van der Waals surface area (Å²) in [7, 11) is 3.20. The van der Waals surface area contributed by atoms with Gasteiger partial charge in [-0.1, -0.05) is 12.5 Å². The number of aromatic nitrogens is 1. The minimum absolute atomic E-state index is 0.0476. The van der Waals surface area contributed by atoms with Gasteiger partial charge in [0.1, 0.15) is 17.4 Å². The summed E-state index contributed by atoms with van der Waals surface area (Å²) in [6.45, 7) is 0.140. The van der Waals surface area contributed by atoms with Crippen molar-refractivity contribution in [1.29, 1.82) is 0 Å². The number of carbonyl (C=O) groups excluding carboxylic acids is 2. The number of hydrogen-bond acceptors (Lipinski definition) is 7. The molecule has 0 radical (unpaired) electrons. The lowest BCUT2D eigenvalue weighted by Gasteiger charge is -2.36. The molecular weight excluding hydrogens is 390 g/mol. The van der Waals surface area contributed by atoms with Crippen LogP contribution in [0.1, 0.15) is 37.8 Å². The minimum Gasteiger partial charge on any atom is -0.493 e. The van der Waals surface area contributed by atoms with Gasteiger partial charge in [-0.25, -0.2) is 4.98 Å². The SMILES string of the molecule is COc1cccc(-c2nc(COC(=O)C3CC4CCCC(C3)C4=O)cs2)c1OC. The van der Waals surface area contributed by atoms with Gasteiger partial charge >= 0.3 is 5.97 Å². The Bertz CT molecular complexity index is 892. The Morgan fingerprint density at radius 2 is 1.93 bits per heavy atom. The quantitative estimate of drug-likeness (QED) is 0.656. The second-order valence-corrected chi connectivity index (χ2v) is 8.55. The number of para-hydroxylation sites is 1. The molecule has 0 amide bonds. The number of methoxy groups -OCH3 is 2. The number of thiazole rings is 1. The number of ketones is 1. The number of fused-ring (bicyclic) bond motifs is 2. The van der Waals surface area contributed by atoms with Crippen molar-refractivity contribution in [3.63, 3.8) is 0 Å². The Labute approximate surface area is 174 Å². The fraction of sp³-hybridized carbons (Fsp3) is 0.500. The highest BCUT2D eigenvalue weighted by Gasteiger charge is 2.41. The zero-order valence-corrected chi connectivity index (χ0v) is 17.5. The van der Waals surface area contributed by atoms with E-state index in [1.165, 1.54) is 11.3 Å². The van der Waals surface area contributed by atoms with E-state index in [2.05, 4.69) is 4.98 Å².